The Morgan fingerprint density at radius 3 is 1.83 bits per heavy atom. The Labute approximate surface area is 216 Å². The molecule has 0 aliphatic carbocycles. The first-order valence-corrected chi connectivity index (χ1v) is 13.0. The third kappa shape index (κ3) is 8.58. The highest BCUT2D eigenvalue weighted by Gasteiger charge is 2.08. The van der Waals surface area contributed by atoms with Crippen molar-refractivity contribution in [3.63, 3.8) is 0 Å². The van der Waals surface area contributed by atoms with Crippen molar-refractivity contribution in [1.29, 1.82) is 0 Å². The van der Waals surface area contributed by atoms with Crippen molar-refractivity contribution < 1.29 is 9.47 Å². The van der Waals surface area contributed by atoms with E-state index in [1.54, 1.807) is 0 Å². The van der Waals surface area contributed by atoms with Crippen LogP contribution in [-0.2, 0) is 25.9 Å². The van der Waals surface area contributed by atoms with Crippen LogP contribution in [0.5, 0.6) is 11.5 Å². The molecule has 0 fully saturated rings. The summed E-state index contributed by atoms with van der Waals surface area (Å²) < 4.78 is 12.4. The first-order chi connectivity index (χ1) is 17.8. The van der Waals surface area contributed by atoms with Crippen LogP contribution in [0.4, 0.5) is 0 Å². The fraction of sp³-hybridized carbons (Fsp3) is 0.273. The summed E-state index contributed by atoms with van der Waals surface area (Å²) in [7, 11) is 0. The lowest BCUT2D eigenvalue weighted by Crippen LogP contribution is -2.14. The minimum atomic E-state index is 0.678. The lowest BCUT2D eigenvalue weighted by atomic mass is 10.1. The lowest BCUT2D eigenvalue weighted by molar-refractivity contribution is 0.293. The summed E-state index contributed by atoms with van der Waals surface area (Å²) in [5.41, 5.74) is 6.40. The number of ether oxygens (including phenoxy) is 2. The summed E-state index contributed by atoms with van der Waals surface area (Å²) in [5.74, 6) is 1.77. The minimum absolute atomic E-state index is 0.678. The van der Waals surface area contributed by atoms with Crippen molar-refractivity contribution in [2.75, 3.05) is 13.2 Å². The molecule has 0 bridgehead atoms. The van der Waals surface area contributed by atoms with Crippen LogP contribution in [0.1, 0.15) is 40.7 Å². The van der Waals surface area contributed by atoms with Crippen LogP contribution in [0.3, 0.4) is 0 Å². The molecule has 3 heteroatoms. The summed E-state index contributed by atoms with van der Waals surface area (Å²) in [6.45, 7) is 5.05. The Bertz CT molecular complexity index is 1160. The fourth-order valence-electron chi connectivity index (χ4n) is 4.17. The molecule has 36 heavy (non-hydrogen) atoms. The van der Waals surface area contributed by atoms with E-state index in [-0.39, 0.29) is 0 Å². The van der Waals surface area contributed by atoms with Crippen molar-refractivity contribution in [3.8, 4) is 11.5 Å². The van der Waals surface area contributed by atoms with E-state index >= 15 is 0 Å². The highest BCUT2D eigenvalue weighted by Crippen LogP contribution is 2.26. The second-order valence-electron chi connectivity index (χ2n) is 9.23. The van der Waals surface area contributed by atoms with Gasteiger partial charge in [-0.3, -0.25) is 0 Å². The van der Waals surface area contributed by atoms with E-state index in [0.29, 0.717) is 13.2 Å². The van der Waals surface area contributed by atoms with Crippen molar-refractivity contribution in [2.24, 2.45) is 0 Å². The Hall–Kier alpha value is -3.56. The summed E-state index contributed by atoms with van der Waals surface area (Å²) >= 11 is 0. The van der Waals surface area contributed by atoms with Crippen molar-refractivity contribution in [3.05, 3.63) is 131 Å². The van der Waals surface area contributed by atoms with Crippen LogP contribution in [0.25, 0.3) is 0 Å². The molecule has 0 unspecified atom stereocenters. The molecule has 0 heterocycles. The molecular weight excluding hydrogens is 442 g/mol. The Balaban J connectivity index is 1.32. The molecule has 0 aliphatic heterocycles. The van der Waals surface area contributed by atoms with Crippen LogP contribution in [0.2, 0.25) is 0 Å². The minimum Gasteiger partial charge on any atom is -0.493 e. The molecule has 0 saturated heterocycles. The molecule has 0 spiro atoms. The maximum absolute atomic E-state index is 6.27. The predicted octanol–water partition coefficient (Wildman–Crippen LogP) is 7.31. The molecule has 4 aromatic rings. The van der Waals surface area contributed by atoms with E-state index in [1.807, 2.05) is 6.07 Å². The van der Waals surface area contributed by atoms with Crippen LogP contribution in [0.15, 0.2) is 103 Å². The Morgan fingerprint density at radius 1 is 0.583 bits per heavy atom. The number of rotatable bonds is 14. The zero-order valence-electron chi connectivity index (χ0n) is 21.3. The van der Waals surface area contributed by atoms with Gasteiger partial charge in [0.2, 0.25) is 0 Å². The van der Waals surface area contributed by atoms with Crippen LogP contribution >= 0.6 is 0 Å². The van der Waals surface area contributed by atoms with Crippen LogP contribution in [0, 0.1) is 6.92 Å². The van der Waals surface area contributed by atoms with Gasteiger partial charge in [0.25, 0.3) is 0 Å². The van der Waals surface area contributed by atoms with Gasteiger partial charge in [0, 0.05) is 24.7 Å². The molecule has 3 nitrogen and oxygen atoms in total. The van der Waals surface area contributed by atoms with Crippen molar-refractivity contribution in [1.82, 2.24) is 5.32 Å². The van der Waals surface area contributed by atoms with Gasteiger partial charge in [-0.05, 0) is 55.4 Å². The van der Waals surface area contributed by atoms with E-state index in [2.05, 4.69) is 109 Å². The van der Waals surface area contributed by atoms with Gasteiger partial charge in [-0.15, -0.1) is 0 Å². The molecule has 186 valence electrons. The number of hydrogen-bond acceptors (Lipinski definition) is 3. The summed E-state index contributed by atoms with van der Waals surface area (Å²) in [5, 5.41) is 3.56. The second kappa shape index (κ2) is 14.1. The lowest BCUT2D eigenvalue weighted by Gasteiger charge is -2.15. The van der Waals surface area contributed by atoms with Crippen molar-refractivity contribution >= 4 is 0 Å². The van der Waals surface area contributed by atoms with Gasteiger partial charge < -0.3 is 14.8 Å². The monoisotopic (exact) mass is 479 g/mol. The molecule has 1 N–H and O–H groups in total. The quantitative estimate of drug-likeness (QED) is 0.192. The molecular formula is C33H37NO2. The number of nitrogens with one attached hydrogen (secondary N) is 1. The van der Waals surface area contributed by atoms with Gasteiger partial charge in [-0.1, -0.05) is 96.6 Å². The summed E-state index contributed by atoms with van der Waals surface area (Å²) in [6, 6.07) is 36.0. The SMILES string of the molecule is Cc1ccc(CNCc2ccc(OCCCc3ccccc3)cc2OCCCc2ccccc2)cc1. The van der Waals surface area contributed by atoms with Gasteiger partial charge in [0.05, 0.1) is 13.2 Å². The van der Waals surface area contributed by atoms with E-state index in [9.17, 15) is 0 Å². The molecule has 0 radical (unpaired) electrons. The number of benzene rings is 4. The molecule has 0 saturated carbocycles. The average Bonchev–Trinajstić information content (AvgIpc) is 2.92. The van der Waals surface area contributed by atoms with Gasteiger partial charge in [-0.2, -0.15) is 0 Å². The highest BCUT2D eigenvalue weighted by molar-refractivity contribution is 5.41. The van der Waals surface area contributed by atoms with Gasteiger partial charge in [0.1, 0.15) is 11.5 Å². The third-order valence-electron chi connectivity index (χ3n) is 6.24. The smallest absolute Gasteiger partial charge is 0.127 e. The maximum Gasteiger partial charge on any atom is 0.127 e. The van der Waals surface area contributed by atoms with E-state index in [4.69, 9.17) is 9.47 Å². The normalized spacial score (nSPS) is 10.8. The topological polar surface area (TPSA) is 30.5 Å². The Morgan fingerprint density at radius 2 is 1.19 bits per heavy atom. The highest BCUT2D eigenvalue weighted by atomic mass is 16.5. The summed E-state index contributed by atoms with van der Waals surface area (Å²) in [6.07, 6.45) is 3.99. The predicted molar refractivity (Wildman–Crippen MR) is 149 cm³/mol. The molecule has 4 rings (SSSR count). The van der Waals surface area contributed by atoms with Gasteiger partial charge in [-0.25, -0.2) is 0 Å². The zero-order valence-corrected chi connectivity index (χ0v) is 21.3. The first-order valence-electron chi connectivity index (χ1n) is 13.0. The van der Waals surface area contributed by atoms with E-state index in [0.717, 1.165) is 55.8 Å². The number of aryl methyl sites for hydroxylation is 3. The van der Waals surface area contributed by atoms with Crippen LogP contribution in [-0.4, -0.2) is 13.2 Å². The third-order valence-corrected chi connectivity index (χ3v) is 6.24. The largest absolute Gasteiger partial charge is 0.493 e. The van der Waals surface area contributed by atoms with E-state index in [1.165, 1.54) is 22.3 Å². The fourth-order valence-corrected chi connectivity index (χ4v) is 4.17. The molecule has 0 aromatic heterocycles. The molecule has 4 aromatic carbocycles. The van der Waals surface area contributed by atoms with Crippen molar-refractivity contribution in [2.45, 2.75) is 45.7 Å². The van der Waals surface area contributed by atoms with Gasteiger partial charge in [0.15, 0.2) is 0 Å². The average molecular weight is 480 g/mol. The Kier molecular flexibility index (Phi) is 10.0. The molecule has 0 aliphatic rings. The second-order valence-corrected chi connectivity index (χ2v) is 9.23. The van der Waals surface area contributed by atoms with Gasteiger partial charge >= 0.3 is 0 Å². The maximum atomic E-state index is 6.27. The zero-order chi connectivity index (χ0) is 24.8. The summed E-state index contributed by atoms with van der Waals surface area (Å²) in [4.78, 5) is 0. The molecule has 0 atom stereocenters. The molecule has 0 amide bonds. The standard InChI is InChI=1S/C33H37NO2/c1-27-16-18-30(19-17-27)25-34-26-31-20-21-32(35-22-8-14-28-10-4-2-5-11-28)24-33(31)36-23-9-15-29-12-6-3-7-13-29/h2-7,10-13,16-21,24,34H,8-9,14-15,22-23,25-26H2,1H3. The number of hydrogen-bond donors (Lipinski definition) is 1. The van der Waals surface area contributed by atoms with Crippen LogP contribution < -0.4 is 14.8 Å². The van der Waals surface area contributed by atoms with E-state index < -0.39 is 0 Å². The first kappa shape index (κ1) is 25.5.